The molecule has 1 aliphatic heterocycles. The van der Waals surface area contributed by atoms with Crippen molar-refractivity contribution in [1.29, 1.82) is 0 Å². The number of hydrogen-bond acceptors (Lipinski definition) is 5. The first-order chi connectivity index (χ1) is 7.09. The van der Waals surface area contributed by atoms with Gasteiger partial charge in [0.2, 0.25) is 0 Å². The van der Waals surface area contributed by atoms with Gasteiger partial charge in [0.05, 0.1) is 11.8 Å². The number of hydrogen-bond donors (Lipinski definition) is 0. The maximum Gasteiger partial charge on any atom is 0.309 e. The summed E-state index contributed by atoms with van der Waals surface area (Å²) in [5, 5.41) is 10.5. The molecule has 15 heavy (non-hydrogen) atoms. The monoisotopic (exact) mass is 209 g/mol. The lowest BCUT2D eigenvalue weighted by molar-refractivity contribution is -0.301. The number of carboxylic acids is 1. The highest BCUT2D eigenvalue weighted by Crippen LogP contribution is 2.57. The molecular formula is C10H9O5-. The number of aliphatic carboxylic acids is 1. The average molecular weight is 209 g/mol. The predicted octanol–water partition coefficient (Wildman–Crippen LogP) is -1.50. The van der Waals surface area contributed by atoms with Crippen molar-refractivity contribution in [3.05, 3.63) is 0 Å². The molecule has 0 radical (unpaired) electrons. The molecule has 5 heteroatoms. The maximum absolute atomic E-state index is 11.4. The molecule has 0 N–H and O–H groups in total. The molecular weight excluding hydrogens is 200 g/mol. The van der Waals surface area contributed by atoms with Gasteiger partial charge in [-0.2, -0.15) is 0 Å². The minimum absolute atomic E-state index is 0.00171. The Bertz CT molecular complexity index is 374. The van der Waals surface area contributed by atoms with Gasteiger partial charge in [-0.05, 0) is 18.8 Å². The van der Waals surface area contributed by atoms with Crippen molar-refractivity contribution in [2.45, 2.75) is 18.9 Å². The average Bonchev–Trinajstić information content (AvgIpc) is 2.76. The van der Waals surface area contributed by atoms with Gasteiger partial charge in [0.15, 0.2) is 5.78 Å². The highest BCUT2D eigenvalue weighted by atomic mass is 16.6. The first kappa shape index (κ1) is 8.88. The van der Waals surface area contributed by atoms with Gasteiger partial charge in [0.25, 0.3) is 0 Å². The highest BCUT2D eigenvalue weighted by Gasteiger charge is 2.63. The number of ether oxygens (including phenoxy) is 1. The van der Waals surface area contributed by atoms with Gasteiger partial charge in [-0.3, -0.25) is 9.59 Å². The standard InChI is InChI=1S/C10H10O5/c11-7(9(12)13)6-3-1-4-5(2-3)10(14)15-8(4)6/h3-6,8H,1-2H2,(H,12,13)/p-1. The summed E-state index contributed by atoms with van der Waals surface area (Å²) in [7, 11) is 0. The molecule has 3 rings (SSSR count). The maximum atomic E-state index is 11.4. The Morgan fingerprint density at radius 2 is 2.07 bits per heavy atom. The third-order valence-electron chi connectivity index (χ3n) is 3.99. The van der Waals surface area contributed by atoms with E-state index in [0.717, 1.165) is 6.42 Å². The Hall–Kier alpha value is -1.39. The van der Waals surface area contributed by atoms with E-state index < -0.39 is 23.8 Å². The molecule has 1 heterocycles. The molecule has 2 saturated carbocycles. The van der Waals surface area contributed by atoms with Gasteiger partial charge in [-0.15, -0.1) is 0 Å². The first-order valence-corrected chi connectivity index (χ1v) is 5.05. The number of ketones is 1. The van der Waals surface area contributed by atoms with E-state index in [0.29, 0.717) is 6.42 Å². The summed E-state index contributed by atoms with van der Waals surface area (Å²) < 4.78 is 5.07. The number of fused-ring (bicyclic) bond motifs is 1. The Labute approximate surface area is 85.4 Å². The van der Waals surface area contributed by atoms with E-state index in [4.69, 9.17) is 4.74 Å². The van der Waals surface area contributed by atoms with E-state index in [1.807, 2.05) is 0 Å². The van der Waals surface area contributed by atoms with Crippen LogP contribution in [0, 0.1) is 23.7 Å². The van der Waals surface area contributed by atoms with Crippen LogP contribution in [0.15, 0.2) is 0 Å². The largest absolute Gasteiger partial charge is 0.542 e. The molecule has 0 spiro atoms. The fourth-order valence-electron chi connectivity index (χ4n) is 3.45. The Morgan fingerprint density at radius 3 is 2.73 bits per heavy atom. The number of rotatable bonds is 2. The second kappa shape index (κ2) is 2.59. The summed E-state index contributed by atoms with van der Waals surface area (Å²) >= 11 is 0. The summed E-state index contributed by atoms with van der Waals surface area (Å²) in [5.41, 5.74) is 0. The van der Waals surface area contributed by atoms with Crippen LogP contribution in [0.4, 0.5) is 0 Å². The zero-order valence-corrected chi connectivity index (χ0v) is 7.84. The highest BCUT2D eigenvalue weighted by molar-refractivity contribution is 6.33. The van der Waals surface area contributed by atoms with Crippen molar-refractivity contribution in [1.82, 2.24) is 0 Å². The number of carboxylic acid groups (broad SMARTS) is 1. The van der Waals surface area contributed by atoms with Crippen LogP contribution < -0.4 is 5.11 Å². The summed E-state index contributed by atoms with van der Waals surface area (Å²) in [4.78, 5) is 33.2. The van der Waals surface area contributed by atoms with Crippen LogP contribution in [0.1, 0.15) is 12.8 Å². The molecule has 0 amide bonds. The van der Waals surface area contributed by atoms with Crippen molar-refractivity contribution in [3.8, 4) is 0 Å². The number of esters is 1. The van der Waals surface area contributed by atoms with Gasteiger partial charge in [0, 0.05) is 5.92 Å². The van der Waals surface area contributed by atoms with E-state index in [2.05, 4.69) is 0 Å². The van der Waals surface area contributed by atoms with Crippen molar-refractivity contribution >= 4 is 17.7 Å². The lowest BCUT2D eigenvalue weighted by Gasteiger charge is -2.24. The Balaban J connectivity index is 1.93. The van der Waals surface area contributed by atoms with E-state index in [1.54, 1.807) is 0 Å². The minimum atomic E-state index is -1.66. The quantitative estimate of drug-likeness (QED) is 0.408. The van der Waals surface area contributed by atoms with Crippen LogP contribution in [0.2, 0.25) is 0 Å². The van der Waals surface area contributed by atoms with Gasteiger partial charge in [-0.25, -0.2) is 0 Å². The molecule has 2 bridgehead atoms. The normalized spacial score (nSPS) is 45.6. The van der Waals surface area contributed by atoms with Crippen molar-refractivity contribution < 1.29 is 24.2 Å². The predicted molar refractivity (Wildman–Crippen MR) is 43.1 cm³/mol. The summed E-state index contributed by atoms with van der Waals surface area (Å²) in [6, 6.07) is 0. The van der Waals surface area contributed by atoms with Crippen LogP contribution in [0.25, 0.3) is 0 Å². The third-order valence-corrected chi connectivity index (χ3v) is 3.99. The van der Waals surface area contributed by atoms with E-state index in [-0.39, 0.29) is 23.7 Å². The summed E-state index contributed by atoms with van der Waals surface area (Å²) in [6.07, 6.45) is 0.848. The first-order valence-electron chi connectivity index (χ1n) is 5.05. The van der Waals surface area contributed by atoms with Gasteiger partial charge in [0.1, 0.15) is 12.1 Å². The van der Waals surface area contributed by atoms with Gasteiger partial charge in [-0.1, -0.05) is 0 Å². The van der Waals surface area contributed by atoms with E-state index in [1.165, 1.54) is 0 Å². The van der Waals surface area contributed by atoms with Crippen molar-refractivity contribution in [2.24, 2.45) is 23.7 Å². The molecule has 80 valence electrons. The Kier molecular flexibility index (Phi) is 1.53. The molecule has 3 aliphatic rings. The SMILES string of the molecule is O=C([O-])C(=O)C1C2CC3C(=O)OC1C3C2. The second-order valence-corrected chi connectivity index (χ2v) is 4.58. The molecule has 0 aromatic rings. The summed E-state index contributed by atoms with van der Waals surface area (Å²) in [6.45, 7) is 0. The van der Waals surface area contributed by atoms with Gasteiger partial charge < -0.3 is 14.6 Å². The van der Waals surface area contributed by atoms with Crippen LogP contribution in [0.5, 0.6) is 0 Å². The lowest BCUT2D eigenvalue weighted by Crippen LogP contribution is -2.43. The smallest absolute Gasteiger partial charge is 0.309 e. The minimum Gasteiger partial charge on any atom is -0.542 e. The molecule has 2 aliphatic carbocycles. The van der Waals surface area contributed by atoms with Crippen molar-refractivity contribution in [2.75, 3.05) is 0 Å². The Morgan fingerprint density at radius 1 is 1.33 bits per heavy atom. The van der Waals surface area contributed by atoms with Gasteiger partial charge >= 0.3 is 5.97 Å². The zero-order valence-electron chi connectivity index (χ0n) is 7.84. The fraction of sp³-hybridized carbons (Fsp3) is 0.700. The molecule has 0 aromatic carbocycles. The number of carbonyl (C=O) groups excluding carboxylic acids is 3. The van der Waals surface area contributed by atoms with Crippen molar-refractivity contribution in [3.63, 3.8) is 0 Å². The topological polar surface area (TPSA) is 83.5 Å². The molecule has 3 fully saturated rings. The van der Waals surface area contributed by atoms with Crippen LogP contribution in [-0.4, -0.2) is 23.8 Å². The van der Waals surface area contributed by atoms with Crippen LogP contribution in [0.3, 0.4) is 0 Å². The second-order valence-electron chi connectivity index (χ2n) is 4.58. The molecule has 5 atom stereocenters. The lowest BCUT2D eigenvalue weighted by atomic mass is 9.80. The molecule has 5 nitrogen and oxygen atoms in total. The fourth-order valence-corrected chi connectivity index (χ4v) is 3.45. The van der Waals surface area contributed by atoms with E-state index >= 15 is 0 Å². The molecule has 5 unspecified atom stereocenters. The number of carbonyl (C=O) groups is 3. The van der Waals surface area contributed by atoms with Crippen LogP contribution >= 0.6 is 0 Å². The van der Waals surface area contributed by atoms with E-state index in [9.17, 15) is 19.5 Å². The van der Waals surface area contributed by atoms with Crippen LogP contribution in [-0.2, 0) is 19.1 Å². The molecule has 1 saturated heterocycles. The molecule has 0 aromatic heterocycles. The summed E-state index contributed by atoms with van der Waals surface area (Å²) in [5.74, 6) is -3.50. The number of Topliss-reactive ketones (excluding diaryl/α,β-unsaturated/α-hetero) is 1. The zero-order chi connectivity index (χ0) is 10.7. The third kappa shape index (κ3) is 0.952.